The highest BCUT2D eigenvalue weighted by atomic mass is 32.2. The molecule has 162 valence electrons. The highest BCUT2D eigenvalue weighted by Crippen LogP contribution is 2.40. The van der Waals surface area contributed by atoms with E-state index >= 15 is 0 Å². The number of primary amides is 1. The molecule has 8 heteroatoms. The van der Waals surface area contributed by atoms with Crippen LogP contribution in [-0.2, 0) is 29.5 Å². The number of nitrogens with two attached hydrogens (primary N) is 1. The van der Waals surface area contributed by atoms with Gasteiger partial charge in [-0.05, 0) is 61.1 Å². The molecule has 0 aliphatic carbocycles. The number of benzene rings is 2. The number of amides is 1. The first-order valence-electron chi connectivity index (χ1n) is 9.99. The maximum absolute atomic E-state index is 11.8. The third-order valence-electron chi connectivity index (χ3n) is 4.93. The molecule has 1 heterocycles. The van der Waals surface area contributed by atoms with Crippen molar-refractivity contribution in [1.29, 1.82) is 0 Å². The molecular formula is C22H28N2O5S. The van der Waals surface area contributed by atoms with E-state index in [1.807, 2.05) is 12.1 Å². The number of hydrogen-bond donors (Lipinski definition) is 2. The number of carbonyl (C=O) groups is 1. The first-order valence-corrected chi connectivity index (χ1v) is 11.8. The quantitative estimate of drug-likeness (QED) is 0.490. The Bertz CT molecular complexity index is 1050. The number of carbonyl (C=O) groups excluding carboxylic acids is 1. The molecule has 0 saturated carbocycles. The van der Waals surface area contributed by atoms with Gasteiger partial charge in [0.05, 0.1) is 11.8 Å². The lowest BCUT2D eigenvalue weighted by Crippen LogP contribution is -2.17. The van der Waals surface area contributed by atoms with Crippen molar-refractivity contribution in [3.05, 3.63) is 52.6 Å². The van der Waals surface area contributed by atoms with E-state index in [0.717, 1.165) is 36.9 Å². The fourth-order valence-electron chi connectivity index (χ4n) is 3.42. The summed E-state index contributed by atoms with van der Waals surface area (Å²) in [6, 6.07) is 9.08. The van der Waals surface area contributed by atoms with E-state index in [1.54, 1.807) is 6.07 Å². The molecule has 3 N–H and O–H groups in total. The molecule has 1 amide bonds. The van der Waals surface area contributed by atoms with Gasteiger partial charge in [0.2, 0.25) is 0 Å². The van der Waals surface area contributed by atoms with Crippen LogP contribution in [0.3, 0.4) is 0 Å². The molecule has 30 heavy (non-hydrogen) atoms. The van der Waals surface area contributed by atoms with Crippen LogP contribution in [0.2, 0.25) is 0 Å². The van der Waals surface area contributed by atoms with Crippen molar-refractivity contribution in [2.75, 3.05) is 12.8 Å². The Hall–Kier alpha value is -2.58. The van der Waals surface area contributed by atoms with Gasteiger partial charge in [0.1, 0.15) is 11.5 Å². The smallest absolute Gasteiger partial charge is 0.306 e. The van der Waals surface area contributed by atoms with Crippen molar-refractivity contribution in [2.45, 2.75) is 39.7 Å². The second kappa shape index (κ2) is 9.06. The zero-order chi connectivity index (χ0) is 21.9. The fraction of sp³-hybridized carbons (Fsp3) is 0.409. The van der Waals surface area contributed by atoms with Crippen molar-refractivity contribution in [3.8, 4) is 17.2 Å². The number of nitrogens with one attached hydrogen (secondary N) is 1. The summed E-state index contributed by atoms with van der Waals surface area (Å²) in [4.78, 5) is 11.8. The van der Waals surface area contributed by atoms with E-state index in [1.165, 1.54) is 6.07 Å². The van der Waals surface area contributed by atoms with Gasteiger partial charge in [0.25, 0.3) is 5.91 Å². The summed E-state index contributed by atoms with van der Waals surface area (Å²) in [6.07, 6.45) is 3.12. The van der Waals surface area contributed by atoms with Crippen LogP contribution in [-0.4, -0.2) is 27.1 Å². The number of fused-ring (bicyclic) bond motifs is 2. The van der Waals surface area contributed by atoms with Crippen LogP contribution in [0.25, 0.3) is 0 Å². The van der Waals surface area contributed by atoms with E-state index in [9.17, 15) is 13.2 Å². The lowest BCUT2D eigenvalue weighted by Gasteiger charge is -2.15. The molecule has 0 spiro atoms. The maximum Gasteiger partial charge on any atom is 0.306 e. The summed E-state index contributed by atoms with van der Waals surface area (Å²) in [6.45, 7) is 6.12. The summed E-state index contributed by atoms with van der Waals surface area (Å²) < 4.78 is 34.7. The summed E-state index contributed by atoms with van der Waals surface area (Å²) in [7, 11) is -3.84. The predicted molar refractivity (Wildman–Crippen MR) is 116 cm³/mol. The average Bonchev–Trinajstić information content (AvgIpc) is 2.83. The molecule has 3 rings (SSSR count). The molecule has 0 aromatic heterocycles. The molecule has 0 bridgehead atoms. The van der Waals surface area contributed by atoms with Crippen molar-refractivity contribution < 1.29 is 22.1 Å². The lowest BCUT2D eigenvalue weighted by atomic mass is 10.00. The first-order chi connectivity index (χ1) is 14.1. The maximum atomic E-state index is 11.8. The van der Waals surface area contributed by atoms with Crippen LogP contribution in [0, 0.1) is 5.92 Å². The predicted octanol–water partition coefficient (Wildman–Crippen LogP) is 3.15. The Balaban J connectivity index is 1.86. The van der Waals surface area contributed by atoms with Gasteiger partial charge in [-0.1, -0.05) is 26.0 Å². The largest absolute Gasteiger partial charge is 0.457 e. The molecule has 0 fully saturated rings. The highest BCUT2D eigenvalue weighted by Gasteiger charge is 2.25. The molecule has 0 radical (unpaired) electrons. The molecule has 2 aromatic rings. The Morgan fingerprint density at radius 3 is 2.60 bits per heavy atom. The Labute approximate surface area is 177 Å². The second-order valence-corrected chi connectivity index (χ2v) is 9.55. The SMILES string of the molecule is CC(C)CCNCc1ccc2c(c1)CCc1c(ccc(C(N)=O)c1OS(C)(=O)=O)O2. The number of aryl methyl sites for hydroxylation is 1. The molecule has 0 atom stereocenters. The van der Waals surface area contributed by atoms with E-state index in [4.69, 9.17) is 14.7 Å². The Kier molecular flexibility index (Phi) is 6.67. The van der Waals surface area contributed by atoms with E-state index in [2.05, 4.69) is 25.2 Å². The molecular weight excluding hydrogens is 404 g/mol. The van der Waals surface area contributed by atoms with Gasteiger partial charge < -0.3 is 20.0 Å². The van der Waals surface area contributed by atoms with Gasteiger partial charge >= 0.3 is 10.1 Å². The van der Waals surface area contributed by atoms with Crippen LogP contribution in [0.4, 0.5) is 0 Å². The van der Waals surface area contributed by atoms with Crippen molar-refractivity contribution in [2.24, 2.45) is 11.7 Å². The van der Waals surface area contributed by atoms with Crippen molar-refractivity contribution >= 4 is 16.0 Å². The van der Waals surface area contributed by atoms with Gasteiger partial charge in [-0.25, -0.2) is 0 Å². The van der Waals surface area contributed by atoms with E-state index in [-0.39, 0.29) is 11.3 Å². The van der Waals surface area contributed by atoms with Crippen LogP contribution in [0.1, 0.15) is 47.3 Å². The third kappa shape index (κ3) is 5.52. The normalized spacial score (nSPS) is 13.2. The fourth-order valence-corrected chi connectivity index (χ4v) is 3.92. The zero-order valence-electron chi connectivity index (χ0n) is 17.5. The summed E-state index contributed by atoms with van der Waals surface area (Å²) in [5.74, 6) is 1.01. The number of rotatable bonds is 8. The van der Waals surface area contributed by atoms with Gasteiger partial charge in [-0.2, -0.15) is 8.42 Å². The van der Waals surface area contributed by atoms with Gasteiger partial charge in [-0.3, -0.25) is 4.79 Å². The lowest BCUT2D eigenvalue weighted by molar-refractivity contribution is 0.0998. The van der Waals surface area contributed by atoms with E-state index in [0.29, 0.717) is 35.8 Å². The average molecular weight is 433 g/mol. The second-order valence-electron chi connectivity index (χ2n) is 7.97. The Morgan fingerprint density at radius 1 is 1.20 bits per heavy atom. The van der Waals surface area contributed by atoms with Crippen LogP contribution < -0.4 is 20.0 Å². The molecule has 7 nitrogen and oxygen atoms in total. The summed E-state index contributed by atoms with van der Waals surface area (Å²) in [5.41, 5.74) is 8.12. The molecule has 0 unspecified atom stereocenters. The summed E-state index contributed by atoms with van der Waals surface area (Å²) in [5, 5.41) is 3.45. The highest BCUT2D eigenvalue weighted by molar-refractivity contribution is 7.86. The van der Waals surface area contributed by atoms with Crippen LogP contribution in [0.15, 0.2) is 30.3 Å². The van der Waals surface area contributed by atoms with Gasteiger partial charge in [0.15, 0.2) is 5.75 Å². The van der Waals surface area contributed by atoms with Gasteiger partial charge in [-0.15, -0.1) is 0 Å². The third-order valence-corrected chi connectivity index (χ3v) is 5.40. The minimum atomic E-state index is -3.84. The monoisotopic (exact) mass is 432 g/mol. The number of ether oxygens (including phenoxy) is 1. The molecule has 1 aliphatic rings. The van der Waals surface area contributed by atoms with Crippen LogP contribution >= 0.6 is 0 Å². The summed E-state index contributed by atoms with van der Waals surface area (Å²) >= 11 is 0. The minimum absolute atomic E-state index is 0.0174. The van der Waals surface area contributed by atoms with Crippen LogP contribution in [0.5, 0.6) is 17.2 Å². The van der Waals surface area contributed by atoms with Crippen molar-refractivity contribution in [3.63, 3.8) is 0 Å². The standard InChI is InChI=1S/C22H28N2O5S/c1-14(2)10-11-24-13-15-4-8-19-16(12-15)5-6-17-20(28-19)9-7-18(22(23)25)21(17)29-30(3,26)27/h4,7-9,12,14,24H,5-6,10-11,13H2,1-3H3,(H2,23,25). The Morgan fingerprint density at radius 2 is 1.93 bits per heavy atom. The molecule has 2 aromatic carbocycles. The first kappa shape index (κ1) is 22.1. The minimum Gasteiger partial charge on any atom is -0.457 e. The van der Waals surface area contributed by atoms with Crippen molar-refractivity contribution in [1.82, 2.24) is 5.32 Å². The zero-order valence-corrected chi connectivity index (χ0v) is 18.3. The number of hydrogen-bond acceptors (Lipinski definition) is 6. The molecule has 0 saturated heterocycles. The van der Waals surface area contributed by atoms with E-state index < -0.39 is 16.0 Å². The topological polar surface area (TPSA) is 108 Å². The van der Waals surface area contributed by atoms with Gasteiger partial charge in [0, 0.05) is 12.1 Å². The molecule has 1 aliphatic heterocycles.